The van der Waals surface area contributed by atoms with Crippen molar-refractivity contribution in [1.29, 1.82) is 0 Å². The number of rotatable bonds is 7. The van der Waals surface area contributed by atoms with E-state index >= 15 is 0 Å². The van der Waals surface area contributed by atoms with Gasteiger partial charge in [-0.15, -0.1) is 0 Å². The quantitative estimate of drug-likeness (QED) is 0.444. The summed E-state index contributed by atoms with van der Waals surface area (Å²) in [6.07, 6.45) is -2.71. The lowest BCUT2D eigenvalue weighted by Gasteiger charge is -2.29. The molecule has 2 aromatic carbocycles. The first-order valence-electron chi connectivity index (χ1n) is 11.1. The molecule has 4 rings (SSSR count). The van der Waals surface area contributed by atoms with Crippen molar-refractivity contribution in [2.45, 2.75) is 50.4 Å². The second kappa shape index (κ2) is 9.33. The molecule has 0 aliphatic heterocycles. The third-order valence-corrected chi connectivity index (χ3v) is 6.88. The number of aromatic hydroxyl groups is 1. The topological polar surface area (TPSA) is 97.2 Å². The largest absolute Gasteiger partial charge is 0.479 e. The molecule has 1 aliphatic rings. The maximum Gasteiger partial charge on any atom is 0.426 e. The van der Waals surface area contributed by atoms with Gasteiger partial charge in [0, 0.05) is 24.8 Å². The highest BCUT2D eigenvalue weighted by Crippen LogP contribution is 2.48. The minimum Gasteiger partial charge on any atom is -0.479 e. The summed E-state index contributed by atoms with van der Waals surface area (Å²) in [5, 5.41) is 12.7. The number of carbonyl (C=O) groups is 1. The summed E-state index contributed by atoms with van der Waals surface area (Å²) in [7, 11) is 0.818. The number of carbonyl (C=O) groups excluding carboxylic acids is 1. The first kappa shape index (κ1) is 25.8. The first-order valence-corrected chi connectivity index (χ1v) is 11.5. The molecular formula is C25H24ClF3N4O3. The van der Waals surface area contributed by atoms with Gasteiger partial charge in [0.25, 0.3) is 5.91 Å². The Hall–Kier alpha value is -3.24. The van der Waals surface area contributed by atoms with E-state index in [4.69, 9.17) is 11.6 Å². The van der Waals surface area contributed by atoms with E-state index in [1.54, 1.807) is 6.07 Å². The van der Waals surface area contributed by atoms with Crippen molar-refractivity contribution in [3.8, 4) is 28.8 Å². The Morgan fingerprint density at radius 1 is 1.14 bits per heavy atom. The van der Waals surface area contributed by atoms with E-state index in [-0.39, 0.29) is 28.6 Å². The molecule has 0 spiro atoms. The third kappa shape index (κ3) is 5.01. The molecule has 7 nitrogen and oxygen atoms in total. The molecule has 11 heteroatoms. The number of alkyl halides is 3. The van der Waals surface area contributed by atoms with Crippen LogP contribution < -0.4 is 5.32 Å². The average molecular weight is 521 g/mol. The molecule has 0 bridgehead atoms. The van der Waals surface area contributed by atoms with Crippen LogP contribution in [0.3, 0.4) is 0 Å². The number of hydrogen-bond acceptors (Lipinski definition) is 6. The second-order valence-electron chi connectivity index (χ2n) is 9.16. The van der Waals surface area contributed by atoms with Crippen LogP contribution in [0.2, 0.25) is 5.02 Å². The van der Waals surface area contributed by atoms with Gasteiger partial charge in [-0.2, -0.15) is 23.1 Å². The summed E-state index contributed by atoms with van der Waals surface area (Å²) in [4.78, 5) is 24.8. The predicted octanol–water partition coefficient (Wildman–Crippen LogP) is 5.20. The van der Waals surface area contributed by atoms with Crippen molar-refractivity contribution in [2.24, 2.45) is 0 Å². The van der Waals surface area contributed by atoms with Crippen LogP contribution in [-0.4, -0.2) is 44.9 Å². The van der Waals surface area contributed by atoms with Crippen LogP contribution in [0.4, 0.5) is 13.2 Å². The SMILES string of the molecule is CO[C@](C)(C(=O)NCc1ccc(Cl)c(-c2nc(O)nc(-c3cccc(C4(C)CC4)c3)n2)c1)C(F)(F)F. The molecular weight excluding hydrogens is 497 g/mol. The van der Waals surface area contributed by atoms with Crippen molar-refractivity contribution >= 4 is 17.5 Å². The van der Waals surface area contributed by atoms with Gasteiger partial charge in [0.2, 0.25) is 5.60 Å². The van der Waals surface area contributed by atoms with Gasteiger partial charge in [0.15, 0.2) is 11.6 Å². The van der Waals surface area contributed by atoms with Gasteiger partial charge in [-0.05, 0) is 54.5 Å². The molecule has 1 saturated carbocycles. The van der Waals surface area contributed by atoms with E-state index in [1.165, 1.54) is 12.1 Å². The number of hydrogen-bond donors (Lipinski definition) is 2. The summed E-state index contributed by atoms with van der Waals surface area (Å²) in [5.41, 5.74) is -0.264. The number of ether oxygens (including phenoxy) is 1. The second-order valence-corrected chi connectivity index (χ2v) is 9.56. The van der Waals surface area contributed by atoms with Crippen molar-refractivity contribution < 1.29 is 27.8 Å². The van der Waals surface area contributed by atoms with E-state index in [0.29, 0.717) is 23.6 Å². The summed E-state index contributed by atoms with van der Waals surface area (Å²) < 4.78 is 44.3. The van der Waals surface area contributed by atoms with E-state index in [9.17, 15) is 23.1 Å². The molecule has 1 aliphatic carbocycles. The maximum atomic E-state index is 13.3. The molecule has 190 valence electrons. The zero-order valence-electron chi connectivity index (χ0n) is 19.8. The lowest BCUT2D eigenvalue weighted by atomic mass is 9.96. The third-order valence-electron chi connectivity index (χ3n) is 6.55. The lowest BCUT2D eigenvalue weighted by molar-refractivity contribution is -0.253. The molecule has 1 heterocycles. The van der Waals surface area contributed by atoms with E-state index < -0.39 is 23.7 Å². The fraction of sp³-hybridized carbons (Fsp3) is 0.360. The zero-order valence-corrected chi connectivity index (χ0v) is 20.5. The molecule has 0 unspecified atom stereocenters. The van der Waals surface area contributed by atoms with Crippen molar-refractivity contribution in [1.82, 2.24) is 20.3 Å². The van der Waals surface area contributed by atoms with Crippen molar-refractivity contribution in [3.63, 3.8) is 0 Å². The first-order chi connectivity index (χ1) is 16.9. The van der Waals surface area contributed by atoms with Crippen LogP contribution >= 0.6 is 11.6 Å². The lowest BCUT2D eigenvalue weighted by Crippen LogP contribution is -2.55. The van der Waals surface area contributed by atoms with E-state index in [1.807, 2.05) is 24.3 Å². The highest BCUT2D eigenvalue weighted by molar-refractivity contribution is 6.33. The number of benzene rings is 2. The molecule has 1 aromatic heterocycles. The Bertz CT molecular complexity index is 1310. The van der Waals surface area contributed by atoms with Crippen LogP contribution in [0.25, 0.3) is 22.8 Å². The highest BCUT2D eigenvalue weighted by atomic mass is 35.5. The van der Waals surface area contributed by atoms with E-state index in [0.717, 1.165) is 25.5 Å². The Morgan fingerprint density at radius 2 is 1.83 bits per heavy atom. The molecule has 36 heavy (non-hydrogen) atoms. The minimum absolute atomic E-state index is 0.0794. The average Bonchev–Trinajstić information content (AvgIpc) is 3.60. The van der Waals surface area contributed by atoms with Gasteiger partial charge in [0.1, 0.15) is 0 Å². The Balaban J connectivity index is 1.62. The van der Waals surface area contributed by atoms with Crippen LogP contribution in [0.5, 0.6) is 6.01 Å². The van der Waals surface area contributed by atoms with Crippen LogP contribution in [0, 0.1) is 0 Å². The van der Waals surface area contributed by atoms with Gasteiger partial charge in [0.05, 0.1) is 5.02 Å². The van der Waals surface area contributed by atoms with Gasteiger partial charge in [-0.3, -0.25) is 4.79 Å². The molecule has 1 fully saturated rings. The fourth-order valence-corrected chi connectivity index (χ4v) is 3.87. The number of aromatic nitrogens is 3. The van der Waals surface area contributed by atoms with Gasteiger partial charge in [-0.1, -0.05) is 42.8 Å². The van der Waals surface area contributed by atoms with Crippen LogP contribution in [0.1, 0.15) is 37.8 Å². The van der Waals surface area contributed by atoms with Gasteiger partial charge in [-0.25, -0.2) is 4.98 Å². The number of nitrogens with one attached hydrogen (secondary N) is 1. The summed E-state index contributed by atoms with van der Waals surface area (Å²) in [6.45, 7) is 2.60. The van der Waals surface area contributed by atoms with Crippen LogP contribution in [0.15, 0.2) is 42.5 Å². The maximum absolute atomic E-state index is 13.3. The molecule has 0 saturated heterocycles. The molecule has 0 radical (unpaired) electrons. The molecule has 1 atom stereocenters. The number of halogens is 4. The van der Waals surface area contributed by atoms with Gasteiger partial charge >= 0.3 is 12.2 Å². The monoisotopic (exact) mass is 520 g/mol. The Morgan fingerprint density at radius 3 is 2.47 bits per heavy atom. The number of methoxy groups -OCH3 is 1. The van der Waals surface area contributed by atoms with Crippen molar-refractivity contribution in [2.75, 3.05) is 7.11 Å². The number of amides is 1. The Kier molecular flexibility index (Phi) is 6.70. The standard InChI is InChI=1S/C25H24ClF3N4O3/c1-23(9-10-23)16-6-4-5-15(12-16)19-31-20(33-22(35)32-19)17-11-14(7-8-18(17)26)13-30-21(34)24(2,36-3)25(27,28)29/h4-8,11-12H,9-10,13H2,1-3H3,(H,30,34)(H,31,32,33,35)/t24-/m1/s1. The molecule has 1 amide bonds. The van der Waals surface area contributed by atoms with Gasteiger partial charge < -0.3 is 15.2 Å². The normalized spacial score (nSPS) is 16.3. The summed E-state index contributed by atoms with van der Waals surface area (Å²) in [5.74, 6) is -1.01. The number of nitrogens with zero attached hydrogens (tertiary/aromatic N) is 3. The minimum atomic E-state index is -4.90. The smallest absolute Gasteiger partial charge is 0.426 e. The summed E-state index contributed by atoms with van der Waals surface area (Å²) in [6, 6.07) is 11.8. The fourth-order valence-electron chi connectivity index (χ4n) is 3.67. The van der Waals surface area contributed by atoms with Crippen molar-refractivity contribution in [3.05, 3.63) is 58.6 Å². The Labute approximate surface area is 210 Å². The molecule has 2 N–H and O–H groups in total. The molecule has 3 aromatic rings. The summed E-state index contributed by atoms with van der Waals surface area (Å²) >= 11 is 6.35. The van der Waals surface area contributed by atoms with E-state index in [2.05, 4.69) is 31.9 Å². The zero-order chi connectivity index (χ0) is 26.3. The predicted molar refractivity (Wildman–Crippen MR) is 127 cm³/mol. The highest BCUT2D eigenvalue weighted by Gasteiger charge is 2.57. The van der Waals surface area contributed by atoms with Crippen LogP contribution in [-0.2, 0) is 21.5 Å².